The Kier molecular flexibility index (Phi) is 2.53. The van der Waals surface area contributed by atoms with E-state index in [0.717, 1.165) is 0 Å². The number of nitrogens with zero attached hydrogens (tertiary/aromatic N) is 4. The van der Waals surface area contributed by atoms with Gasteiger partial charge in [0.05, 0.1) is 6.33 Å². The van der Waals surface area contributed by atoms with Gasteiger partial charge in [-0.1, -0.05) is 0 Å². The molecular formula is C10H12N8O. The van der Waals surface area contributed by atoms with Crippen molar-refractivity contribution >= 4 is 17.1 Å². The first-order valence-corrected chi connectivity index (χ1v) is 5.65. The lowest BCUT2D eigenvalue weighted by Crippen LogP contribution is -2.10. The molecule has 0 saturated heterocycles. The highest BCUT2D eigenvalue weighted by Gasteiger charge is 2.12. The van der Waals surface area contributed by atoms with Crippen molar-refractivity contribution in [3.63, 3.8) is 0 Å². The molecule has 3 rings (SSSR count). The molecule has 0 unspecified atom stereocenters. The Morgan fingerprint density at radius 2 is 2.16 bits per heavy atom. The number of hydrogen-bond acceptors (Lipinski definition) is 6. The molecule has 0 amide bonds. The molecule has 3 aromatic rings. The van der Waals surface area contributed by atoms with Crippen LogP contribution in [0.3, 0.4) is 0 Å². The summed E-state index contributed by atoms with van der Waals surface area (Å²) in [6.07, 6.45) is 3.45. The molecule has 0 aliphatic heterocycles. The number of nitrogens with two attached hydrogens (primary N) is 2. The summed E-state index contributed by atoms with van der Waals surface area (Å²) in [6.45, 7) is 1.19. The second kappa shape index (κ2) is 4.21. The normalized spacial score (nSPS) is 11.2. The Morgan fingerprint density at radius 3 is 2.95 bits per heavy atom. The molecule has 0 bridgehead atoms. The first kappa shape index (κ1) is 11.4. The molecule has 0 aromatic carbocycles. The molecule has 3 aromatic heterocycles. The van der Waals surface area contributed by atoms with Crippen LogP contribution in [0.15, 0.2) is 17.3 Å². The number of anilines is 1. The Balaban J connectivity index is 2.09. The van der Waals surface area contributed by atoms with Gasteiger partial charge < -0.3 is 21.0 Å². The number of H-pyrrole nitrogens is 2. The summed E-state index contributed by atoms with van der Waals surface area (Å²) < 4.78 is 1.84. The SMILES string of the molecule is NCCn1cnc(-c2nc3nc(N)[nH]c(=O)c3[nH]2)c1. The van der Waals surface area contributed by atoms with E-state index in [1.807, 2.05) is 4.57 Å². The smallest absolute Gasteiger partial charge is 0.278 e. The van der Waals surface area contributed by atoms with Crippen molar-refractivity contribution in [1.29, 1.82) is 0 Å². The predicted molar refractivity (Wildman–Crippen MR) is 69.2 cm³/mol. The maximum absolute atomic E-state index is 11.7. The minimum absolute atomic E-state index is 0.0317. The van der Waals surface area contributed by atoms with E-state index in [1.165, 1.54) is 0 Å². The van der Waals surface area contributed by atoms with Gasteiger partial charge in [0.15, 0.2) is 17.0 Å². The molecule has 0 radical (unpaired) electrons. The van der Waals surface area contributed by atoms with Gasteiger partial charge in [0.2, 0.25) is 5.95 Å². The number of rotatable bonds is 3. The minimum Gasteiger partial charge on any atom is -0.369 e. The van der Waals surface area contributed by atoms with Gasteiger partial charge in [0.1, 0.15) is 5.69 Å². The molecule has 9 heteroatoms. The summed E-state index contributed by atoms with van der Waals surface area (Å²) in [4.78, 5) is 29.3. The number of nitrogen functional groups attached to an aromatic ring is 1. The third kappa shape index (κ3) is 1.95. The largest absolute Gasteiger partial charge is 0.369 e. The van der Waals surface area contributed by atoms with Crippen molar-refractivity contribution in [2.24, 2.45) is 5.73 Å². The van der Waals surface area contributed by atoms with E-state index in [2.05, 4.69) is 24.9 Å². The fraction of sp³-hybridized carbons (Fsp3) is 0.200. The molecule has 0 aliphatic rings. The van der Waals surface area contributed by atoms with Crippen LogP contribution in [0.5, 0.6) is 0 Å². The van der Waals surface area contributed by atoms with Gasteiger partial charge in [0.25, 0.3) is 5.56 Å². The summed E-state index contributed by atoms with van der Waals surface area (Å²) in [6, 6.07) is 0. The van der Waals surface area contributed by atoms with Gasteiger partial charge in [0, 0.05) is 19.3 Å². The number of hydrogen-bond donors (Lipinski definition) is 4. The highest BCUT2D eigenvalue weighted by molar-refractivity contribution is 5.74. The maximum atomic E-state index is 11.7. The second-order valence-electron chi connectivity index (χ2n) is 4.02. The molecule has 3 heterocycles. The molecule has 6 N–H and O–H groups in total. The Bertz CT molecular complexity index is 782. The fourth-order valence-electron chi connectivity index (χ4n) is 1.80. The maximum Gasteiger partial charge on any atom is 0.278 e. The number of imidazole rings is 2. The van der Waals surface area contributed by atoms with Gasteiger partial charge in [-0.2, -0.15) is 4.98 Å². The monoisotopic (exact) mass is 260 g/mol. The van der Waals surface area contributed by atoms with Crippen LogP contribution in [0.4, 0.5) is 5.95 Å². The highest BCUT2D eigenvalue weighted by atomic mass is 16.1. The summed E-state index contributed by atoms with van der Waals surface area (Å²) >= 11 is 0. The summed E-state index contributed by atoms with van der Waals surface area (Å²) in [5.41, 5.74) is 11.7. The van der Waals surface area contributed by atoms with Crippen LogP contribution in [0.25, 0.3) is 22.7 Å². The zero-order valence-electron chi connectivity index (χ0n) is 9.92. The Labute approximate surface area is 106 Å². The fourth-order valence-corrected chi connectivity index (χ4v) is 1.80. The highest BCUT2D eigenvalue weighted by Crippen LogP contribution is 2.15. The third-order valence-electron chi connectivity index (χ3n) is 2.64. The second-order valence-corrected chi connectivity index (χ2v) is 4.02. The lowest BCUT2D eigenvalue weighted by molar-refractivity contribution is 0.708. The van der Waals surface area contributed by atoms with Gasteiger partial charge in [-0.05, 0) is 0 Å². The Hall–Kier alpha value is -2.68. The molecule has 9 nitrogen and oxygen atoms in total. The number of nitrogens with one attached hydrogen (secondary N) is 2. The minimum atomic E-state index is -0.359. The molecule has 0 fully saturated rings. The van der Waals surface area contributed by atoms with E-state index < -0.39 is 0 Å². The van der Waals surface area contributed by atoms with Crippen molar-refractivity contribution in [2.75, 3.05) is 12.3 Å². The molecular weight excluding hydrogens is 248 g/mol. The predicted octanol–water partition coefficient (Wildman–Crippen LogP) is -0.949. The van der Waals surface area contributed by atoms with Crippen molar-refractivity contribution in [2.45, 2.75) is 6.54 Å². The van der Waals surface area contributed by atoms with Crippen LogP contribution in [0.1, 0.15) is 0 Å². The number of aromatic nitrogens is 6. The number of fused-ring (bicyclic) bond motifs is 1. The Morgan fingerprint density at radius 1 is 1.32 bits per heavy atom. The molecule has 98 valence electrons. The van der Waals surface area contributed by atoms with Crippen molar-refractivity contribution in [3.8, 4) is 11.5 Å². The average molecular weight is 260 g/mol. The van der Waals surface area contributed by atoms with Gasteiger partial charge in [-0.25, -0.2) is 9.97 Å². The van der Waals surface area contributed by atoms with Crippen LogP contribution in [-0.4, -0.2) is 36.0 Å². The summed E-state index contributed by atoms with van der Waals surface area (Å²) in [5, 5.41) is 0. The topological polar surface area (TPSA) is 144 Å². The number of aromatic amines is 2. The molecule has 0 spiro atoms. The molecule has 0 saturated carbocycles. The van der Waals surface area contributed by atoms with E-state index in [0.29, 0.717) is 24.6 Å². The van der Waals surface area contributed by atoms with E-state index >= 15 is 0 Å². The third-order valence-corrected chi connectivity index (χ3v) is 2.64. The van der Waals surface area contributed by atoms with E-state index in [1.54, 1.807) is 12.5 Å². The van der Waals surface area contributed by atoms with E-state index in [4.69, 9.17) is 11.5 Å². The molecule has 19 heavy (non-hydrogen) atoms. The van der Waals surface area contributed by atoms with Gasteiger partial charge in [-0.3, -0.25) is 9.78 Å². The van der Waals surface area contributed by atoms with Gasteiger partial charge >= 0.3 is 0 Å². The van der Waals surface area contributed by atoms with Crippen LogP contribution in [0, 0.1) is 0 Å². The summed E-state index contributed by atoms with van der Waals surface area (Å²) in [7, 11) is 0. The standard InChI is InChI=1S/C10H12N8O/c11-1-2-18-3-5(13-4-18)7-14-6-8(15-7)16-10(12)17-9(6)19/h3-4H,1-2,11H2,(H4,12,14,15,16,17,19). The van der Waals surface area contributed by atoms with E-state index in [-0.39, 0.29) is 22.7 Å². The zero-order valence-corrected chi connectivity index (χ0v) is 9.92. The summed E-state index contributed by atoms with van der Waals surface area (Å²) in [5.74, 6) is 0.499. The first-order valence-electron chi connectivity index (χ1n) is 5.65. The van der Waals surface area contributed by atoms with Crippen molar-refractivity contribution in [3.05, 3.63) is 22.9 Å². The van der Waals surface area contributed by atoms with Crippen molar-refractivity contribution < 1.29 is 0 Å². The quantitative estimate of drug-likeness (QED) is 0.478. The first-order chi connectivity index (χ1) is 9.17. The molecule has 0 aliphatic carbocycles. The van der Waals surface area contributed by atoms with Crippen molar-refractivity contribution in [1.82, 2.24) is 29.5 Å². The van der Waals surface area contributed by atoms with Crippen LogP contribution >= 0.6 is 0 Å². The lowest BCUT2D eigenvalue weighted by atomic mass is 10.4. The van der Waals surface area contributed by atoms with Crippen LogP contribution < -0.4 is 17.0 Å². The van der Waals surface area contributed by atoms with Gasteiger partial charge in [-0.15, -0.1) is 0 Å². The lowest BCUT2D eigenvalue weighted by Gasteiger charge is -1.94. The van der Waals surface area contributed by atoms with Crippen LogP contribution in [0.2, 0.25) is 0 Å². The molecule has 0 atom stereocenters. The average Bonchev–Trinajstić information content (AvgIpc) is 2.95. The van der Waals surface area contributed by atoms with Crippen LogP contribution in [-0.2, 0) is 6.54 Å². The van der Waals surface area contributed by atoms with E-state index in [9.17, 15) is 4.79 Å². The zero-order chi connectivity index (χ0) is 13.4.